The number of allylic oxidation sites excluding steroid dienone is 1. The van der Waals surface area contributed by atoms with Gasteiger partial charge in [0.1, 0.15) is 19.3 Å². The van der Waals surface area contributed by atoms with Gasteiger partial charge in [-0.05, 0) is 74.1 Å². The number of anilines is 3. The van der Waals surface area contributed by atoms with Crippen LogP contribution in [-0.4, -0.2) is 82.5 Å². The molecule has 1 heterocycles. The molecule has 48 heavy (non-hydrogen) atoms. The van der Waals surface area contributed by atoms with Gasteiger partial charge >= 0.3 is 6.03 Å². The summed E-state index contributed by atoms with van der Waals surface area (Å²) >= 11 is 0. The highest BCUT2D eigenvalue weighted by molar-refractivity contribution is 6.06. The zero-order chi connectivity index (χ0) is 35.8. The summed E-state index contributed by atoms with van der Waals surface area (Å²) in [5, 5.41) is 18.7. The van der Waals surface area contributed by atoms with Gasteiger partial charge in [-0.2, -0.15) is 0 Å². The minimum absolute atomic E-state index is 0.0713. The van der Waals surface area contributed by atoms with Crippen LogP contribution in [0.1, 0.15) is 47.3 Å². The van der Waals surface area contributed by atoms with Gasteiger partial charge in [-0.3, -0.25) is 4.79 Å². The summed E-state index contributed by atoms with van der Waals surface area (Å²) < 4.78 is 5.16. The van der Waals surface area contributed by atoms with Gasteiger partial charge in [-0.15, -0.1) is 0 Å². The SMILES string of the molecule is C=O.C=O.CC1CN(CCO)C(=O)c2cccc(NC(=O)NC3=CCCc4ccccc43)c2NC1C.COc1ccc(N(C)C)cc1C. The van der Waals surface area contributed by atoms with Gasteiger partial charge in [0.2, 0.25) is 0 Å². The van der Waals surface area contributed by atoms with Crippen LogP contribution < -0.4 is 25.6 Å². The number of carbonyl (C=O) groups excluding carboxylic acids is 4. The number of fused-ring (bicyclic) bond motifs is 2. The number of β-amino-alcohol motifs (C(OH)–C–C–N with tert-alkyl or cyclic N) is 1. The fourth-order valence-corrected chi connectivity index (χ4v) is 5.45. The number of hydrogen-bond acceptors (Lipinski definition) is 8. The maximum absolute atomic E-state index is 13.2. The maximum atomic E-state index is 13.2. The van der Waals surface area contributed by atoms with Crippen LogP contribution in [0.25, 0.3) is 5.70 Å². The number of urea groups is 1. The monoisotopic (exact) mass is 659 g/mol. The van der Waals surface area contributed by atoms with Crippen molar-refractivity contribution < 1.29 is 29.0 Å². The Morgan fingerprint density at radius 1 is 1.02 bits per heavy atom. The van der Waals surface area contributed by atoms with E-state index in [9.17, 15) is 14.7 Å². The first kappa shape index (κ1) is 39.0. The highest BCUT2D eigenvalue weighted by atomic mass is 16.5. The largest absolute Gasteiger partial charge is 0.496 e. The Bertz CT molecular complexity index is 1540. The van der Waals surface area contributed by atoms with Crippen LogP contribution in [-0.2, 0) is 16.0 Å². The van der Waals surface area contributed by atoms with E-state index in [0.29, 0.717) is 23.5 Å². The summed E-state index contributed by atoms with van der Waals surface area (Å²) in [6.07, 6.45) is 3.87. The van der Waals surface area contributed by atoms with Crippen molar-refractivity contribution in [2.45, 2.75) is 39.7 Å². The number of aliphatic hydroxyl groups excluding tert-OH is 1. The lowest BCUT2D eigenvalue weighted by molar-refractivity contribution is -0.0987. The third-order valence-electron chi connectivity index (χ3n) is 8.15. The predicted molar refractivity (Wildman–Crippen MR) is 193 cm³/mol. The molecule has 0 aromatic heterocycles. The van der Waals surface area contributed by atoms with Gasteiger partial charge in [0, 0.05) is 50.2 Å². The lowest BCUT2D eigenvalue weighted by Gasteiger charge is -2.34. The summed E-state index contributed by atoms with van der Waals surface area (Å²) in [6, 6.07) is 19.2. The quantitative estimate of drug-likeness (QED) is 0.277. The first-order chi connectivity index (χ1) is 23.1. The number of aryl methyl sites for hydroxylation is 2. The van der Waals surface area contributed by atoms with E-state index in [1.807, 2.05) is 71.0 Å². The van der Waals surface area contributed by atoms with Crippen molar-refractivity contribution in [2.75, 3.05) is 56.4 Å². The second-order valence-corrected chi connectivity index (χ2v) is 11.6. The summed E-state index contributed by atoms with van der Waals surface area (Å²) in [7, 11) is 5.75. The number of methoxy groups -OCH3 is 1. The lowest BCUT2D eigenvalue weighted by atomic mass is 9.95. The second-order valence-electron chi connectivity index (χ2n) is 11.6. The Morgan fingerprint density at radius 3 is 2.35 bits per heavy atom. The number of para-hydroxylation sites is 1. The zero-order valence-electron chi connectivity index (χ0n) is 28.8. The van der Waals surface area contributed by atoms with Crippen LogP contribution in [0, 0.1) is 12.8 Å². The molecule has 2 unspecified atom stereocenters. The van der Waals surface area contributed by atoms with Gasteiger partial charge in [0.15, 0.2) is 0 Å². The number of amides is 3. The highest BCUT2D eigenvalue weighted by Crippen LogP contribution is 2.32. The smallest absolute Gasteiger partial charge is 0.323 e. The van der Waals surface area contributed by atoms with Crippen molar-refractivity contribution in [3.8, 4) is 5.75 Å². The van der Waals surface area contributed by atoms with Crippen LogP contribution in [0.15, 0.2) is 66.7 Å². The molecule has 2 aliphatic rings. The van der Waals surface area contributed by atoms with Crippen molar-refractivity contribution in [1.29, 1.82) is 0 Å². The molecule has 3 aromatic carbocycles. The van der Waals surface area contributed by atoms with Crippen molar-refractivity contribution in [1.82, 2.24) is 10.2 Å². The van der Waals surface area contributed by atoms with Crippen LogP contribution in [0.4, 0.5) is 21.9 Å². The molecule has 2 atom stereocenters. The summed E-state index contributed by atoms with van der Waals surface area (Å²) in [5.74, 6) is 0.957. The summed E-state index contributed by atoms with van der Waals surface area (Å²) in [6.45, 7) is 10.9. The maximum Gasteiger partial charge on any atom is 0.323 e. The molecule has 4 N–H and O–H groups in total. The fraction of sp³-hybridized carbons (Fsp3) is 0.351. The number of benzene rings is 3. The number of aliphatic hydroxyl groups is 1. The fourth-order valence-electron chi connectivity index (χ4n) is 5.45. The number of carbonyl (C=O) groups is 4. The van der Waals surface area contributed by atoms with E-state index in [4.69, 9.17) is 14.3 Å². The Morgan fingerprint density at radius 2 is 1.71 bits per heavy atom. The first-order valence-corrected chi connectivity index (χ1v) is 15.7. The number of ether oxygens (including phenoxy) is 1. The van der Waals surface area contributed by atoms with E-state index >= 15 is 0 Å². The van der Waals surface area contributed by atoms with Crippen LogP contribution in [0.3, 0.4) is 0 Å². The Balaban J connectivity index is 0.000000419. The molecule has 0 fully saturated rings. The second kappa shape index (κ2) is 19.5. The topological polar surface area (TPSA) is 140 Å². The third-order valence-corrected chi connectivity index (χ3v) is 8.15. The molecular formula is C37H49N5O6. The van der Waals surface area contributed by atoms with E-state index in [0.717, 1.165) is 29.9 Å². The normalized spacial score (nSPS) is 16.0. The van der Waals surface area contributed by atoms with Gasteiger partial charge in [0.25, 0.3) is 5.91 Å². The van der Waals surface area contributed by atoms with Gasteiger partial charge in [-0.25, -0.2) is 4.79 Å². The molecule has 11 nitrogen and oxygen atoms in total. The molecule has 0 bridgehead atoms. The molecular weight excluding hydrogens is 610 g/mol. The number of rotatable bonds is 6. The Labute approximate surface area is 284 Å². The van der Waals surface area contributed by atoms with Crippen LogP contribution in [0.2, 0.25) is 0 Å². The van der Waals surface area contributed by atoms with E-state index in [1.54, 1.807) is 30.2 Å². The van der Waals surface area contributed by atoms with E-state index < -0.39 is 0 Å². The van der Waals surface area contributed by atoms with E-state index in [-0.39, 0.29) is 37.0 Å². The van der Waals surface area contributed by atoms with Crippen LogP contribution in [0.5, 0.6) is 5.75 Å². The first-order valence-electron chi connectivity index (χ1n) is 15.7. The molecule has 0 saturated carbocycles. The molecule has 1 aliphatic heterocycles. The zero-order valence-corrected chi connectivity index (χ0v) is 28.8. The number of hydrogen-bond donors (Lipinski definition) is 4. The summed E-state index contributed by atoms with van der Waals surface area (Å²) in [4.78, 5) is 45.8. The molecule has 0 radical (unpaired) electrons. The average molecular weight is 660 g/mol. The number of nitrogens with one attached hydrogen (secondary N) is 3. The molecule has 3 aromatic rings. The highest BCUT2D eigenvalue weighted by Gasteiger charge is 2.28. The molecule has 11 heteroatoms. The van der Waals surface area contributed by atoms with Crippen molar-refractivity contribution >= 4 is 48.3 Å². The lowest BCUT2D eigenvalue weighted by Crippen LogP contribution is -2.43. The Kier molecular flexibility index (Phi) is 15.8. The van der Waals surface area contributed by atoms with E-state index in [2.05, 4.69) is 46.8 Å². The third kappa shape index (κ3) is 10.2. The van der Waals surface area contributed by atoms with Gasteiger partial charge in [0.05, 0.1) is 30.7 Å². The molecule has 1 aliphatic carbocycles. The van der Waals surface area contributed by atoms with Gasteiger partial charge in [-0.1, -0.05) is 43.3 Å². The average Bonchev–Trinajstić information content (AvgIpc) is 3.10. The molecule has 258 valence electrons. The van der Waals surface area contributed by atoms with Crippen molar-refractivity contribution in [3.63, 3.8) is 0 Å². The Hall–Kier alpha value is -5.16. The van der Waals surface area contributed by atoms with E-state index in [1.165, 1.54) is 16.8 Å². The number of nitrogens with zero attached hydrogens (tertiary/aromatic N) is 2. The molecule has 0 spiro atoms. The van der Waals surface area contributed by atoms with Crippen molar-refractivity contribution in [3.05, 3.63) is 89.0 Å². The minimum atomic E-state index is -0.356. The van der Waals surface area contributed by atoms with Crippen molar-refractivity contribution in [2.24, 2.45) is 5.92 Å². The predicted octanol–water partition coefficient (Wildman–Crippen LogP) is 5.38. The molecule has 0 saturated heterocycles. The van der Waals surface area contributed by atoms with Crippen LogP contribution >= 0.6 is 0 Å². The van der Waals surface area contributed by atoms with Gasteiger partial charge < -0.3 is 45.2 Å². The standard InChI is InChI=1S/C25H30N4O3.C10H15NO.2CH2O/c1-16-15-29(13-14-30)24(31)20-10-6-12-22(23(20)26-17(16)2)28-25(32)27-21-11-5-8-18-7-3-4-9-19(18)21;1-8-7-9(11(2)3)5-6-10(8)12-4;2*1-2/h3-4,6-7,9-12,16-17,26,30H,5,8,13-15H2,1-2H3,(H2,27,28,32);5-7H,1-4H3;2*1H2. The summed E-state index contributed by atoms with van der Waals surface area (Å²) in [5.41, 5.74) is 7.05. The minimum Gasteiger partial charge on any atom is -0.496 e. The molecule has 5 rings (SSSR count). The molecule has 3 amide bonds.